The Kier molecular flexibility index (Phi) is 7.03. The maximum Gasteiger partial charge on any atom is 0.127 e. The van der Waals surface area contributed by atoms with Gasteiger partial charge in [0.05, 0.1) is 0 Å². The molecule has 0 heterocycles. The van der Waals surface area contributed by atoms with E-state index >= 15 is 0 Å². The molecule has 1 aromatic rings. The van der Waals surface area contributed by atoms with Crippen molar-refractivity contribution in [2.75, 3.05) is 14.1 Å². The molecule has 0 spiro atoms. The number of hydrogen-bond donors (Lipinski definition) is 1. The van der Waals surface area contributed by atoms with Gasteiger partial charge in [-0.2, -0.15) is 0 Å². The number of benzene rings is 1. The Bertz CT molecular complexity index is 368. The summed E-state index contributed by atoms with van der Waals surface area (Å²) in [5, 5.41) is 3.40. The maximum absolute atomic E-state index is 13.7. The molecule has 0 amide bonds. The van der Waals surface area contributed by atoms with Crippen LogP contribution >= 0.6 is 0 Å². The summed E-state index contributed by atoms with van der Waals surface area (Å²) in [6.45, 7) is 5.06. The zero-order chi connectivity index (χ0) is 14.3. The van der Waals surface area contributed by atoms with Crippen LogP contribution in [0.2, 0.25) is 0 Å². The summed E-state index contributed by atoms with van der Waals surface area (Å²) in [7, 11) is 4.10. The third-order valence-corrected chi connectivity index (χ3v) is 3.80. The zero-order valence-corrected chi connectivity index (χ0v) is 12.6. The van der Waals surface area contributed by atoms with Crippen molar-refractivity contribution in [3.05, 3.63) is 35.6 Å². The van der Waals surface area contributed by atoms with E-state index < -0.39 is 0 Å². The number of nitrogens with one attached hydrogen (secondary N) is 1. The van der Waals surface area contributed by atoms with Gasteiger partial charge >= 0.3 is 0 Å². The third-order valence-electron chi connectivity index (χ3n) is 3.80. The molecule has 2 nitrogen and oxygen atoms in total. The molecule has 2 atom stereocenters. The molecular formula is C16H27FN2. The smallest absolute Gasteiger partial charge is 0.127 e. The second kappa shape index (κ2) is 8.28. The minimum Gasteiger partial charge on any atom is -0.315 e. The lowest BCUT2D eigenvalue weighted by atomic mass is 9.99. The summed E-state index contributed by atoms with van der Waals surface area (Å²) in [6.07, 6.45) is 3.38. The topological polar surface area (TPSA) is 15.3 Å². The molecule has 0 aliphatic heterocycles. The van der Waals surface area contributed by atoms with Crippen LogP contribution in [0, 0.1) is 5.82 Å². The summed E-state index contributed by atoms with van der Waals surface area (Å²) in [6, 6.07) is 7.94. The molecule has 1 aromatic carbocycles. The predicted octanol–water partition coefficient (Wildman–Crippen LogP) is 3.42. The van der Waals surface area contributed by atoms with Gasteiger partial charge in [0.25, 0.3) is 0 Å². The summed E-state index contributed by atoms with van der Waals surface area (Å²) in [5.41, 5.74) is 0.773. The van der Waals surface area contributed by atoms with Gasteiger partial charge in [0, 0.05) is 24.2 Å². The first-order valence-corrected chi connectivity index (χ1v) is 7.24. The Morgan fingerprint density at radius 3 is 2.47 bits per heavy atom. The van der Waals surface area contributed by atoms with Crippen molar-refractivity contribution >= 4 is 0 Å². The molecule has 1 rings (SSSR count). The molecule has 3 heteroatoms. The number of nitrogens with zero attached hydrogens (tertiary/aromatic N) is 1. The van der Waals surface area contributed by atoms with E-state index in [1.54, 1.807) is 6.07 Å². The third kappa shape index (κ3) is 4.59. The normalized spacial score (nSPS) is 14.6. The van der Waals surface area contributed by atoms with Gasteiger partial charge in [-0.1, -0.05) is 38.5 Å². The molecule has 0 fully saturated rings. The van der Waals surface area contributed by atoms with Gasteiger partial charge in [-0.05, 0) is 33.0 Å². The molecule has 0 saturated carbocycles. The molecule has 0 aliphatic carbocycles. The lowest BCUT2D eigenvalue weighted by Gasteiger charge is -2.34. The first-order chi connectivity index (χ1) is 9.13. The SMILES string of the molecule is CCCC(NC)C(CC)N(C)Cc1ccccc1F. The molecule has 1 N–H and O–H groups in total. The van der Waals surface area contributed by atoms with Crippen LogP contribution in [-0.2, 0) is 6.54 Å². The highest BCUT2D eigenvalue weighted by atomic mass is 19.1. The molecule has 0 saturated heterocycles. The molecule has 0 aromatic heterocycles. The van der Waals surface area contributed by atoms with E-state index in [-0.39, 0.29) is 5.82 Å². The second-order valence-electron chi connectivity index (χ2n) is 5.17. The fourth-order valence-corrected chi connectivity index (χ4v) is 2.76. The summed E-state index contributed by atoms with van der Waals surface area (Å²) in [5.74, 6) is -0.110. The van der Waals surface area contributed by atoms with E-state index in [0.29, 0.717) is 18.6 Å². The van der Waals surface area contributed by atoms with E-state index in [0.717, 1.165) is 24.8 Å². The molecule has 0 radical (unpaired) electrons. The molecule has 19 heavy (non-hydrogen) atoms. The Balaban J connectivity index is 2.73. The number of rotatable bonds is 8. The monoisotopic (exact) mass is 266 g/mol. The van der Waals surface area contributed by atoms with Crippen molar-refractivity contribution in [3.63, 3.8) is 0 Å². The van der Waals surface area contributed by atoms with Crippen LogP contribution in [0.5, 0.6) is 0 Å². The Hall–Kier alpha value is -0.930. The Morgan fingerprint density at radius 2 is 1.95 bits per heavy atom. The lowest BCUT2D eigenvalue weighted by Crippen LogP contribution is -2.46. The van der Waals surface area contributed by atoms with Gasteiger partial charge in [-0.3, -0.25) is 4.90 Å². The van der Waals surface area contributed by atoms with Crippen molar-refractivity contribution in [2.24, 2.45) is 0 Å². The quantitative estimate of drug-likeness (QED) is 0.775. The van der Waals surface area contributed by atoms with Crippen LogP contribution in [0.25, 0.3) is 0 Å². The van der Waals surface area contributed by atoms with Crippen LogP contribution in [0.3, 0.4) is 0 Å². The molecule has 108 valence electrons. The average molecular weight is 266 g/mol. The van der Waals surface area contributed by atoms with Crippen molar-refractivity contribution in [2.45, 2.75) is 51.7 Å². The summed E-state index contributed by atoms with van der Waals surface area (Å²) in [4.78, 5) is 2.26. The molecule has 0 bridgehead atoms. The summed E-state index contributed by atoms with van der Waals surface area (Å²) >= 11 is 0. The molecular weight excluding hydrogens is 239 g/mol. The minimum absolute atomic E-state index is 0.110. The fraction of sp³-hybridized carbons (Fsp3) is 0.625. The fourth-order valence-electron chi connectivity index (χ4n) is 2.76. The summed E-state index contributed by atoms with van der Waals surface area (Å²) < 4.78 is 13.7. The predicted molar refractivity (Wildman–Crippen MR) is 79.7 cm³/mol. The van der Waals surface area contributed by atoms with Gasteiger partial charge in [0.15, 0.2) is 0 Å². The van der Waals surface area contributed by atoms with E-state index in [1.165, 1.54) is 6.07 Å². The Morgan fingerprint density at radius 1 is 1.26 bits per heavy atom. The van der Waals surface area contributed by atoms with E-state index in [1.807, 2.05) is 19.2 Å². The zero-order valence-electron chi connectivity index (χ0n) is 12.6. The van der Waals surface area contributed by atoms with E-state index in [2.05, 4.69) is 31.1 Å². The van der Waals surface area contributed by atoms with Gasteiger partial charge in [0.1, 0.15) is 5.82 Å². The van der Waals surface area contributed by atoms with Crippen molar-refractivity contribution in [1.29, 1.82) is 0 Å². The second-order valence-corrected chi connectivity index (χ2v) is 5.17. The van der Waals surface area contributed by atoms with Crippen LogP contribution in [0.1, 0.15) is 38.7 Å². The van der Waals surface area contributed by atoms with Crippen LogP contribution in [-0.4, -0.2) is 31.1 Å². The van der Waals surface area contributed by atoms with Gasteiger partial charge in [-0.15, -0.1) is 0 Å². The largest absolute Gasteiger partial charge is 0.315 e. The van der Waals surface area contributed by atoms with E-state index in [4.69, 9.17) is 0 Å². The number of likely N-dealkylation sites (N-methyl/N-ethyl adjacent to an activating group) is 2. The first-order valence-electron chi connectivity index (χ1n) is 7.24. The molecule has 2 unspecified atom stereocenters. The highest BCUT2D eigenvalue weighted by Gasteiger charge is 2.22. The number of halogens is 1. The highest BCUT2D eigenvalue weighted by Crippen LogP contribution is 2.16. The van der Waals surface area contributed by atoms with Gasteiger partial charge < -0.3 is 5.32 Å². The van der Waals surface area contributed by atoms with Crippen LogP contribution < -0.4 is 5.32 Å². The van der Waals surface area contributed by atoms with Crippen molar-refractivity contribution in [1.82, 2.24) is 10.2 Å². The Labute approximate surface area is 117 Å². The van der Waals surface area contributed by atoms with Crippen LogP contribution in [0.15, 0.2) is 24.3 Å². The first kappa shape index (κ1) is 16.1. The molecule has 0 aliphatic rings. The standard InChI is InChI=1S/C16H27FN2/c1-5-9-15(18-3)16(6-2)19(4)12-13-10-7-8-11-14(13)17/h7-8,10-11,15-16,18H,5-6,9,12H2,1-4H3. The van der Waals surface area contributed by atoms with Crippen molar-refractivity contribution < 1.29 is 4.39 Å². The number of hydrogen-bond acceptors (Lipinski definition) is 2. The van der Waals surface area contributed by atoms with Gasteiger partial charge in [0.2, 0.25) is 0 Å². The van der Waals surface area contributed by atoms with E-state index in [9.17, 15) is 4.39 Å². The maximum atomic E-state index is 13.7. The minimum atomic E-state index is -0.110. The van der Waals surface area contributed by atoms with Crippen LogP contribution in [0.4, 0.5) is 4.39 Å². The van der Waals surface area contributed by atoms with Gasteiger partial charge in [-0.25, -0.2) is 4.39 Å². The average Bonchev–Trinajstić information content (AvgIpc) is 2.41. The van der Waals surface area contributed by atoms with Crippen molar-refractivity contribution in [3.8, 4) is 0 Å². The lowest BCUT2D eigenvalue weighted by molar-refractivity contribution is 0.175. The highest BCUT2D eigenvalue weighted by molar-refractivity contribution is 5.17.